The number of nitrogen functional groups attached to an aromatic ring is 1. The van der Waals surface area contributed by atoms with Crippen molar-refractivity contribution < 1.29 is 8.42 Å². The van der Waals surface area contributed by atoms with E-state index in [1.807, 2.05) is 19.1 Å². The molecular weight excluding hydrogens is 424 g/mol. The van der Waals surface area contributed by atoms with Crippen LogP contribution in [0.25, 0.3) is 0 Å². The lowest BCUT2D eigenvalue weighted by molar-refractivity contribution is 0.601. The number of sulfonamides is 1. The van der Waals surface area contributed by atoms with Crippen molar-refractivity contribution in [1.29, 1.82) is 0 Å². The lowest BCUT2D eigenvalue weighted by atomic mass is 10.2. The number of aromatic nitrogens is 1. The highest BCUT2D eigenvalue weighted by molar-refractivity contribution is 9.10. The first-order chi connectivity index (χ1) is 9.83. The highest BCUT2D eigenvalue weighted by Crippen LogP contribution is 2.28. The van der Waals surface area contributed by atoms with Crippen molar-refractivity contribution in [2.24, 2.45) is 5.84 Å². The predicted molar refractivity (Wildman–Crippen MR) is 89.4 cm³/mol. The zero-order valence-electron chi connectivity index (χ0n) is 10.9. The third-order valence-corrected chi connectivity index (χ3v) is 5.08. The molecule has 0 saturated carbocycles. The minimum atomic E-state index is -3.83. The Morgan fingerprint density at radius 2 is 1.95 bits per heavy atom. The van der Waals surface area contributed by atoms with Crippen LogP contribution in [-0.2, 0) is 10.0 Å². The molecule has 0 aliphatic carbocycles. The van der Waals surface area contributed by atoms with E-state index in [9.17, 15) is 8.42 Å². The Kier molecular flexibility index (Phi) is 4.87. The van der Waals surface area contributed by atoms with E-state index < -0.39 is 10.0 Å². The topological polar surface area (TPSA) is 97.1 Å². The number of nitrogens with zero attached hydrogens (tertiary/aromatic N) is 1. The second kappa shape index (κ2) is 6.30. The van der Waals surface area contributed by atoms with Crippen LogP contribution in [0.15, 0.2) is 44.3 Å². The number of nitrogens with one attached hydrogen (secondary N) is 2. The van der Waals surface area contributed by atoms with Gasteiger partial charge >= 0.3 is 0 Å². The van der Waals surface area contributed by atoms with Crippen molar-refractivity contribution in [3.8, 4) is 0 Å². The van der Waals surface area contributed by atoms with Crippen LogP contribution in [0.2, 0.25) is 0 Å². The van der Waals surface area contributed by atoms with Crippen molar-refractivity contribution >= 4 is 53.4 Å². The highest BCUT2D eigenvalue weighted by atomic mass is 79.9. The van der Waals surface area contributed by atoms with Gasteiger partial charge in [-0.15, -0.1) is 0 Å². The Morgan fingerprint density at radius 3 is 2.57 bits per heavy atom. The van der Waals surface area contributed by atoms with Gasteiger partial charge in [-0.2, -0.15) is 0 Å². The van der Waals surface area contributed by atoms with Gasteiger partial charge in [0.05, 0.1) is 5.69 Å². The first kappa shape index (κ1) is 16.2. The van der Waals surface area contributed by atoms with Gasteiger partial charge in [-0.25, -0.2) is 19.2 Å². The molecule has 1 aromatic carbocycles. The molecule has 1 heterocycles. The Balaban J connectivity index is 2.45. The van der Waals surface area contributed by atoms with Crippen LogP contribution in [0.1, 0.15) is 5.56 Å². The molecule has 0 aliphatic heterocycles. The molecule has 0 unspecified atom stereocenters. The average Bonchev–Trinajstić information content (AvgIpc) is 2.42. The van der Waals surface area contributed by atoms with E-state index in [0.29, 0.717) is 14.6 Å². The van der Waals surface area contributed by atoms with Crippen LogP contribution in [0.4, 0.5) is 11.5 Å². The monoisotopic (exact) mass is 434 g/mol. The fourth-order valence-electron chi connectivity index (χ4n) is 1.64. The minimum absolute atomic E-state index is 0.0492. The molecule has 9 heteroatoms. The van der Waals surface area contributed by atoms with Crippen molar-refractivity contribution in [2.45, 2.75) is 11.8 Å². The molecule has 0 atom stereocenters. The van der Waals surface area contributed by atoms with Crippen LogP contribution < -0.4 is 16.0 Å². The Hall–Kier alpha value is -1.16. The summed E-state index contributed by atoms with van der Waals surface area (Å²) in [4.78, 5) is 3.88. The number of halogens is 2. The quantitative estimate of drug-likeness (QED) is 0.506. The molecule has 0 saturated heterocycles. The summed E-state index contributed by atoms with van der Waals surface area (Å²) in [5.41, 5.74) is 3.72. The molecule has 2 rings (SSSR count). The molecule has 0 spiro atoms. The maximum absolute atomic E-state index is 12.5. The molecule has 0 bridgehead atoms. The van der Waals surface area contributed by atoms with Gasteiger partial charge in [-0.3, -0.25) is 4.72 Å². The third kappa shape index (κ3) is 3.73. The van der Waals surface area contributed by atoms with E-state index in [0.717, 1.165) is 5.56 Å². The van der Waals surface area contributed by atoms with Crippen LogP contribution in [-0.4, -0.2) is 13.4 Å². The zero-order chi connectivity index (χ0) is 15.6. The fourth-order valence-corrected chi connectivity index (χ4v) is 4.07. The molecule has 0 fully saturated rings. The molecule has 112 valence electrons. The van der Waals surface area contributed by atoms with E-state index in [4.69, 9.17) is 5.84 Å². The van der Waals surface area contributed by atoms with Gasteiger partial charge < -0.3 is 5.43 Å². The summed E-state index contributed by atoms with van der Waals surface area (Å²) < 4.78 is 28.6. The zero-order valence-corrected chi connectivity index (χ0v) is 14.9. The molecule has 0 radical (unpaired) electrons. The highest BCUT2D eigenvalue weighted by Gasteiger charge is 2.21. The molecule has 1 aromatic heterocycles. The first-order valence-corrected chi connectivity index (χ1v) is 8.81. The van der Waals surface area contributed by atoms with Crippen LogP contribution in [0.5, 0.6) is 0 Å². The molecule has 0 aliphatic rings. The van der Waals surface area contributed by atoms with Gasteiger partial charge in [0, 0.05) is 15.1 Å². The number of benzene rings is 1. The minimum Gasteiger partial charge on any atom is -0.307 e. The number of hydrazine groups is 1. The molecule has 0 amide bonds. The van der Waals surface area contributed by atoms with Crippen molar-refractivity contribution in [2.75, 3.05) is 10.1 Å². The summed E-state index contributed by atoms with van der Waals surface area (Å²) in [6.45, 7) is 1.91. The van der Waals surface area contributed by atoms with E-state index in [1.165, 1.54) is 12.3 Å². The summed E-state index contributed by atoms with van der Waals surface area (Å²) in [7, 11) is -3.83. The summed E-state index contributed by atoms with van der Waals surface area (Å²) in [5.74, 6) is 5.38. The number of nitrogens with two attached hydrogens (primary N) is 1. The van der Waals surface area contributed by atoms with Crippen LogP contribution >= 0.6 is 31.9 Å². The third-order valence-electron chi connectivity index (χ3n) is 2.61. The number of pyridine rings is 1. The van der Waals surface area contributed by atoms with E-state index in [-0.39, 0.29) is 10.7 Å². The van der Waals surface area contributed by atoms with Gasteiger partial charge in [0.2, 0.25) is 0 Å². The summed E-state index contributed by atoms with van der Waals surface area (Å²) >= 11 is 6.53. The summed E-state index contributed by atoms with van der Waals surface area (Å²) in [6.07, 6.45) is 1.45. The SMILES string of the molecule is Cc1ccc(NS(=O)(=O)c2cc(Br)cnc2NN)c(Br)c1. The Labute approximate surface area is 139 Å². The molecular formula is C12H12Br2N4O2S. The summed E-state index contributed by atoms with van der Waals surface area (Å²) in [6, 6.07) is 6.73. The van der Waals surface area contributed by atoms with Gasteiger partial charge in [-0.05, 0) is 62.5 Å². The van der Waals surface area contributed by atoms with Crippen molar-refractivity contribution in [1.82, 2.24) is 4.98 Å². The Morgan fingerprint density at radius 1 is 1.24 bits per heavy atom. The standard InChI is InChI=1S/C12H12Br2N4O2S/c1-7-2-3-10(9(14)4-7)18-21(19,20)11-5-8(13)6-16-12(11)17-15/h2-6,18H,15H2,1H3,(H,16,17). The number of aryl methyl sites for hydroxylation is 1. The maximum atomic E-state index is 12.5. The molecule has 2 aromatic rings. The van der Waals surface area contributed by atoms with Crippen molar-refractivity contribution in [3.63, 3.8) is 0 Å². The van der Waals surface area contributed by atoms with Crippen LogP contribution in [0, 0.1) is 6.92 Å². The van der Waals surface area contributed by atoms with Gasteiger partial charge in [0.25, 0.3) is 10.0 Å². The van der Waals surface area contributed by atoms with Crippen LogP contribution in [0.3, 0.4) is 0 Å². The van der Waals surface area contributed by atoms with E-state index in [1.54, 1.807) is 6.07 Å². The van der Waals surface area contributed by atoms with Crippen molar-refractivity contribution in [3.05, 3.63) is 45.0 Å². The number of hydrogen-bond acceptors (Lipinski definition) is 5. The van der Waals surface area contributed by atoms with Gasteiger partial charge in [0.1, 0.15) is 4.90 Å². The van der Waals surface area contributed by atoms with Gasteiger partial charge in [-0.1, -0.05) is 6.07 Å². The number of rotatable bonds is 4. The largest absolute Gasteiger partial charge is 0.307 e. The lowest BCUT2D eigenvalue weighted by Gasteiger charge is -2.13. The molecule has 4 N–H and O–H groups in total. The fraction of sp³-hybridized carbons (Fsp3) is 0.0833. The second-order valence-corrected chi connectivity index (χ2v) is 7.65. The maximum Gasteiger partial charge on any atom is 0.265 e. The van der Waals surface area contributed by atoms with Gasteiger partial charge in [0.15, 0.2) is 5.82 Å². The number of hydrogen-bond donors (Lipinski definition) is 3. The Bertz CT molecular complexity index is 781. The average molecular weight is 436 g/mol. The second-order valence-electron chi connectivity index (χ2n) is 4.23. The smallest absolute Gasteiger partial charge is 0.265 e. The lowest BCUT2D eigenvalue weighted by Crippen LogP contribution is -2.18. The number of anilines is 2. The van der Waals surface area contributed by atoms with E-state index in [2.05, 4.69) is 47.0 Å². The molecule has 21 heavy (non-hydrogen) atoms. The summed E-state index contributed by atoms with van der Waals surface area (Å²) in [5, 5.41) is 0. The normalized spacial score (nSPS) is 11.2. The predicted octanol–water partition coefficient (Wildman–Crippen LogP) is 3.00. The molecule has 6 nitrogen and oxygen atoms in total. The first-order valence-electron chi connectivity index (χ1n) is 5.74. The van der Waals surface area contributed by atoms with E-state index >= 15 is 0 Å².